The van der Waals surface area contributed by atoms with Gasteiger partial charge in [-0.25, -0.2) is 0 Å². The Morgan fingerprint density at radius 3 is 2.40 bits per heavy atom. The lowest BCUT2D eigenvalue weighted by Crippen LogP contribution is -2.17. The van der Waals surface area contributed by atoms with E-state index in [9.17, 15) is 13.2 Å². The number of aliphatic hydroxyl groups is 1. The summed E-state index contributed by atoms with van der Waals surface area (Å²) < 4.78 is 39.1. The van der Waals surface area contributed by atoms with Crippen molar-refractivity contribution in [3.05, 3.63) is 23.8 Å². The molecule has 2 N–H and O–H groups in total. The van der Waals surface area contributed by atoms with Crippen molar-refractivity contribution in [1.29, 1.82) is 0 Å². The van der Waals surface area contributed by atoms with Crippen molar-refractivity contribution in [2.24, 2.45) is 0 Å². The second-order valence-corrected chi connectivity index (χ2v) is 2.95. The van der Waals surface area contributed by atoms with E-state index in [4.69, 9.17) is 10.2 Å². The number of hydrogen-bond donors (Lipinski definition) is 2. The fourth-order valence-electron chi connectivity index (χ4n) is 0.997. The summed E-state index contributed by atoms with van der Waals surface area (Å²) in [5, 5.41) is 18.2. The minimum Gasteiger partial charge on any atom is -0.504 e. The van der Waals surface area contributed by atoms with Gasteiger partial charge in [0.1, 0.15) is 0 Å². The summed E-state index contributed by atoms with van der Waals surface area (Å²) in [6, 6.07) is 3.28. The molecule has 0 heterocycles. The van der Waals surface area contributed by atoms with Gasteiger partial charge < -0.3 is 14.9 Å². The molecule has 0 aliphatic rings. The molecule has 1 aromatic carbocycles. The van der Waals surface area contributed by atoms with E-state index in [1.165, 1.54) is 13.0 Å². The van der Waals surface area contributed by atoms with Gasteiger partial charge in [-0.3, -0.25) is 0 Å². The molecule has 0 amide bonds. The average molecular weight is 222 g/mol. The zero-order valence-electron chi connectivity index (χ0n) is 7.75. The zero-order valence-corrected chi connectivity index (χ0v) is 7.75. The molecule has 0 bridgehead atoms. The number of phenolic OH excluding ortho intramolecular Hbond substituents is 1. The molecule has 0 saturated carbocycles. The van der Waals surface area contributed by atoms with Crippen LogP contribution >= 0.6 is 0 Å². The van der Waals surface area contributed by atoms with Gasteiger partial charge in [-0.05, 0) is 24.6 Å². The Balaban J connectivity index is 3.01. The number of benzene rings is 1. The van der Waals surface area contributed by atoms with Gasteiger partial charge in [0.25, 0.3) is 0 Å². The second-order valence-electron chi connectivity index (χ2n) is 2.95. The van der Waals surface area contributed by atoms with Crippen LogP contribution in [0.25, 0.3) is 0 Å². The fourth-order valence-corrected chi connectivity index (χ4v) is 0.997. The Hall–Kier alpha value is -1.43. The molecule has 3 nitrogen and oxygen atoms in total. The van der Waals surface area contributed by atoms with Gasteiger partial charge in [-0.2, -0.15) is 0 Å². The van der Waals surface area contributed by atoms with Crippen LogP contribution in [0, 0.1) is 0 Å². The Bertz CT molecular complexity index is 347. The lowest BCUT2D eigenvalue weighted by atomic mass is 10.1. The fraction of sp³-hybridized carbons (Fsp3) is 0.333. The standard InChI is InChI=1S/C9H9F3O3/c1-5(13)6-2-3-7(14)8(4-6)15-9(10,11)12/h2-5,13-14H,1H3. The third-order valence-corrected chi connectivity index (χ3v) is 1.69. The van der Waals surface area contributed by atoms with Crippen LogP contribution in [0.15, 0.2) is 18.2 Å². The molecule has 0 saturated heterocycles. The van der Waals surface area contributed by atoms with Crippen LogP contribution < -0.4 is 4.74 Å². The highest BCUT2D eigenvalue weighted by molar-refractivity contribution is 5.42. The van der Waals surface area contributed by atoms with Crippen LogP contribution in [0.4, 0.5) is 13.2 Å². The van der Waals surface area contributed by atoms with E-state index in [2.05, 4.69) is 4.74 Å². The van der Waals surface area contributed by atoms with Crippen molar-refractivity contribution in [2.75, 3.05) is 0 Å². The number of alkyl halides is 3. The van der Waals surface area contributed by atoms with E-state index < -0.39 is 24.0 Å². The molecule has 0 aromatic heterocycles. The van der Waals surface area contributed by atoms with E-state index in [1.54, 1.807) is 0 Å². The number of aromatic hydroxyl groups is 1. The van der Waals surface area contributed by atoms with Crippen molar-refractivity contribution < 1.29 is 28.1 Å². The van der Waals surface area contributed by atoms with Crippen LogP contribution in [-0.4, -0.2) is 16.6 Å². The summed E-state index contributed by atoms with van der Waals surface area (Å²) in [6.45, 7) is 1.39. The SMILES string of the molecule is CC(O)c1ccc(O)c(OC(F)(F)F)c1. The van der Waals surface area contributed by atoms with Crippen LogP contribution in [-0.2, 0) is 0 Å². The first-order valence-corrected chi connectivity index (χ1v) is 4.06. The summed E-state index contributed by atoms with van der Waals surface area (Å²) in [5.41, 5.74) is 0.229. The van der Waals surface area contributed by atoms with Crippen molar-refractivity contribution in [1.82, 2.24) is 0 Å². The highest BCUT2D eigenvalue weighted by atomic mass is 19.4. The van der Waals surface area contributed by atoms with Gasteiger partial charge in [0.05, 0.1) is 6.10 Å². The maximum Gasteiger partial charge on any atom is 0.573 e. The van der Waals surface area contributed by atoms with Gasteiger partial charge >= 0.3 is 6.36 Å². The number of phenols is 1. The predicted molar refractivity (Wildman–Crippen MR) is 45.4 cm³/mol. The molecule has 0 fully saturated rings. The number of hydrogen-bond acceptors (Lipinski definition) is 3. The Labute approximate surface area is 83.7 Å². The van der Waals surface area contributed by atoms with Crippen molar-refractivity contribution >= 4 is 0 Å². The molecular weight excluding hydrogens is 213 g/mol. The zero-order chi connectivity index (χ0) is 11.6. The lowest BCUT2D eigenvalue weighted by Gasteiger charge is -2.12. The highest BCUT2D eigenvalue weighted by Gasteiger charge is 2.32. The number of ether oxygens (including phenoxy) is 1. The molecular formula is C9H9F3O3. The first-order chi connectivity index (χ1) is 6.79. The largest absolute Gasteiger partial charge is 0.573 e. The third kappa shape index (κ3) is 3.32. The van der Waals surface area contributed by atoms with Gasteiger partial charge in [-0.1, -0.05) is 6.07 Å². The molecule has 6 heteroatoms. The van der Waals surface area contributed by atoms with Gasteiger partial charge in [0.2, 0.25) is 0 Å². The minimum absolute atomic E-state index is 0.229. The molecule has 0 aliphatic heterocycles. The van der Waals surface area contributed by atoms with E-state index in [0.29, 0.717) is 0 Å². The van der Waals surface area contributed by atoms with E-state index in [-0.39, 0.29) is 5.56 Å². The van der Waals surface area contributed by atoms with Crippen LogP contribution in [0.3, 0.4) is 0 Å². The molecule has 1 unspecified atom stereocenters. The number of aliphatic hydroxyl groups excluding tert-OH is 1. The molecule has 1 atom stereocenters. The first kappa shape index (κ1) is 11.6. The average Bonchev–Trinajstić information content (AvgIpc) is 2.06. The molecule has 1 rings (SSSR count). The summed E-state index contributed by atoms with van der Waals surface area (Å²) in [7, 11) is 0. The van der Waals surface area contributed by atoms with Crippen LogP contribution in [0.5, 0.6) is 11.5 Å². The van der Waals surface area contributed by atoms with E-state index in [1.807, 2.05) is 0 Å². The Kier molecular flexibility index (Phi) is 3.09. The highest BCUT2D eigenvalue weighted by Crippen LogP contribution is 2.33. The van der Waals surface area contributed by atoms with Gasteiger partial charge in [0.15, 0.2) is 11.5 Å². The first-order valence-electron chi connectivity index (χ1n) is 4.06. The molecule has 1 aromatic rings. The molecule has 15 heavy (non-hydrogen) atoms. The van der Waals surface area contributed by atoms with Gasteiger partial charge in [-0.15, -0.1) is 13.2 Å². The minimum atomic E-state index is -4.87. The van der Waals surface area contributed by atoms with Crippen molar-refractivity contribution in [2.45, 2.75) is 19.4 Å². The van der Waals surface area contributed by atoms with Crippen molar-refractivity contribution in [3.63, 3.8) is 0 Å². The number of rotatable bonds is 2. The van der Waals surface area contributed by atoms with Gasteiger partial charge in [0, 0.05) is 0 Å². The normalized spacial score (nSPS) is 13.7. The number of halogens is 3. The predicted octanol–water partition coefficient (Wildman–Crippen LogP) is 2.34. The third-order valence-electron chi connectivity index (χ3n) is 1.69. The van der Waals surface area contributed by atoms with Crippen LogP contribution in [0.1, 0.15) is 18.6 Å². The maximum absolute atomic E-state index is 11.9. The van der Waals surface area contributed by atoms with E-state index in [0.717, 1.165) is 12.1 Å². The molecule has 0 aliphatic carbocycles. The van der Waals surface area contributed by atoms with Crippen LogP contribution in [0.2, 0.25) is 0 Å². The lowest BCUT2D eigenvalue weighted by molar-refractivity contribution is -0.275. The Morgan fingerprint density at radius 1 is 1.33 bits per heavy atom. The summed E-state index contributed by atoms with van der Waals surface area (Å²) in [6.07, 6.45) is -5.80. The quantitative estimate of drug-likeness (QED) is 0.807. The monoisotopic (exact) mass is 222 g/mol. The summed E-state index contributed by atoms with van der Waals surface area (Å²) in [5.74, 6) is -1.35. The van der Waals surface area contributed by atoms with E-state index >= 15 is 0 Å². The second kappa shape index (κ2) is 3.98. The summed E-state index contributed by atoms with van der Waals surface area (Å²) in [4.78, 5) is 0. The summed E-state index contributed by atoms with van der Waals surface area (Å²) >= 11 is 0. The maximum atomic E-state index is 11.9. The Morgan fingerprint density at radius 2 is 1.93 bits per heavy atom. The smallest absolute Gasteiger partial charge is 0.504 e. The molecule has 0 spiro atoms. The topological polar surface area (TPSA) is 49.7 Å². The molecule has 84 valence electrons. The van der Waals surface area contributed by atoms with Crippen molar-refractivity contribution in [3.8, 4) is 11.5 Å². The molecule has 0 radical (unpaired) electrons.